The number of aliphatic hydroxyl groups is 1. The Balaban J connectivity index is 2.57. The second-order valence-corrected chi connectivity index (χ2v) is 6.89. The van der Waals surface area contributed by atoms with Crippen molar-refractivity contribution in [3.05, 3.63) is 29.8 Å². The van der Waals surface area contributed by atoms with E-state index in [0.717, 1.165) is 6.07 Å². The maximum absolute atomic E-state index is 14.8. The van der Waals surface area contributed by atoms with E-state index in [-0.39, 0.29) is 12.4 Å². The van der Waals surface area contributed by atoms with Gasteiger partial charge in [-0.05, 0) is 19.4 Å². The Morgan fingerprint density at radius 1 is 0.857 bits per heavy atom. The molecule has 0 bridgehead atoms. The lowest BCUT2D eigenvalue weighted by atomic mass is 9.80. The molecule has 1 aromatic rings. The first-order valence-corrected chi connectivity index (χ1v) is 8.16. The van der Waals surface area contributed by atoms with Crippen LogP contribution in [-0.2, 0) is 5.60 Å². The summed E-state index contributed by atoms with van der Waals surface area (Å²) in [5.74, 6) is -26.5. The van der Waals surface area contributed by atoms with Gasteiger partial charge in [-0.2, -0.15) is 35.1 Å². The van der Waals surface area contributed by atoms with Gasteiger partial charge in [0.15, 0.2) is 0 Å². The van der Waals surface area contributed by atoms with Gasteiger partial charge in [-0.15, -0.1) is 0 Å². The van der Waals surface area contributed by atoms with Crippen LogP contribution in [0.5, 0.6) is 5.75 Å². The topological polar surface area (TPSA) is 29.5 Å². The lowest BCUT2D eigenvalue weighted by molar-refractivity contribution is -0.303. The van der Waals surface area contributed by atoms with E-state index in [4.69, 9.17) is 4.74 Å². The molecule has 0 saturated heterocycles. The van der Waals surface area contributed by atoms with Crippen LogP contribution in [0.2, 0.25) is 0 Å². The summed E-state index contributed by atoms with van der Waals surface area (Å²) in [6.07, 6.45) is -1.99. The highest BCUT2D eigenvalue weighted by molar-refractivity contribution is 5.39. The van der Waals surface area contributed by atoms with Crippen molar-refractivity contribution in [3.63, 3.8) is 0 Å². The van der Waals surface area contributed by atoms with Crippen molar-refractivity contribution in [2.45, 2.75) is 61.6 Å². The van der Waals surface area contributed by atoms with E-state index in [1.165, 1.54) is 18.2 Å². The van der Waals surface area contributed by atoms with Gasteiger partial charge in [0, 0.05) is 12.0 Å². The number of halogens is 9. The van der Waals surface area contributed by atoms with Crippen LogP contribution in [0.3, 0.4) is 0 Å². The average Bonchev–Trinajstić information content (AvgIpc) is 2.62. The number of ether oxygens (including phenoxy) is 1. The highest BCUT2D eigenvalue weighted by atomic mass is 19.4. The summed E-state index contributed by atoms with van der Waals surface area (Å²) in [7, 11) is 0. The van der Waals surface area contributed by atoms with E-state index in [1.54, 1.807) is 6.92 Å². The van der Waals surface area contributed by atoms with E-state index in [9.17, 15) is 44.6 Å². The number of rotatable bonds is 6. The molecule has 11 heteroatoms. The van der Waals surface area contributed by atoms with Gasteiger partial charge in [-0.1, -0.05) is 25.1 Å². The second kappa shape index (κ2) is 6.43. The molecule has 1 N–H and O–H groups in total. The number of hydrogen-bond acceptors (Lipinski definition) is 2. The van der Waals surface area contributed by atoms with Crippen molar-refractivity contribution in [3.8, 4) is 5.75 Å². The summed E-state index contributed by atoms with van der Waals surface area (Å²) in [5.41, 5.74) is -9.21. The Labute approximate surface area is 154 Å². The molecule has 0 spiro atoms. The number of benzene rings is 1. The van der Waals surface area contributed by atoms with E-state index >= 15 is 0 Å². The summed E-state index contributed by atoms with van der Waals surface area (Å²) in [6.45, 7) is 2.29. The molecule has 1 atom stereocenters. The molecule has 0 radical (unpaired) electrons. The van der Waals surface area contributed by atoms with Crippen molar-refractivity contribution in [2.75, 3.05) is 6.61 Å². The number of alkyl halides is 9. The summed E-state index contributed by atoms with van der Waals surface area (Å²) >= 11 is 0. The predicted molar refractivity (Wildman–Crippen MR) is 80.0 cm³/mol. The molecule has 1 unspecified atom stereocenters. The van der Waals surface area contributed by atoms with Crippen LogP contribution in [0, 0.1) is 0 Å². The fourth-order valence-electron chi connectivity index (χ4n) is 3.13. The Morgan fingerprint density at radius 3 is 1.79 bits per heavy atom. The molecule has 1 aliphatic carbocycles. The first-order valence-electron chi connectivity index (χ1n) is 8.16. The van der Waals surface area contributed by atoms with Crippen LogP contribution in [0.1, 0.15) is 32.3 Å². The SMILES string of the molecule is CCCOc1ccccc1C(C)(O)CC1(F)C(F)(F)C(F)(F)C(F)(F)C1(F)F. The summed E-state index contributed by atoms with van der Waals surface area (Å²) in [6, 6.07) is 4.76. The van der Waals surface area contributed by atoms with Crippen molar-refractivity contribution in [2.24, 2.45) is 0 Å². The van der Waals surface area contributed by atoms with Crippen LogP contribution < -0.4 is 4.74 Å². The molecule has 2 rings (SSSR count). The second-order valence-electron chi connectivity index (χ2n) is 6.89. The summed E-state index contributed by atoms with van der Waals surface area (Å²) in [4.78, 5) is 0. The third-order valence-electron chi connectivity index (χ3n) is 4.70. The minimum atomic E-state index is -6.67. The first-order chi connectivity index (χ1) is 12.5. The minimum absolute atomic E-state index is 0.0380. The fraction of sp³-hybridized carbons (Fsp3) is 0.647. The monoisotopic (exact) mass is 424 g/mol. The lowest BCUT2D eigenvalue weighted by Gasteiger charge is -2.37. The summed E-state index contributed by atoms with van der Waals surface area (Å²) in [5, 5.41) is 10.4. The van der Waals surface area contributed by atoms with Gasteiger partial charge >= 0.3 is 23.7 Å². The van der Waals surface area contributed by atoms with Gasteiger partial charge in [0.2, 0.25) is 0 Å². The molecular formula is C17H17F9O2. The molecule has 28 heavy (non-hydrogen) atoms. The maximum atomic E-state index is 14.8. The Kier molecular flexibility index (Phi) is 5.20. The van der Waals surface area contributed by atoms with Gasteiger partial charge in [0.25, 0.3) is 5.67 Å². The summed E-state index contributed by atoms with van der Waals surface area (Å²) < 4.78 is 129. The third kappa shape index (κ3) is 2.68. The van der Waals surface area contributed by atoms with Gasteiger partial charge in [-0.25, -0.2) is 4.39 Å². The largest absolute Gasteiger partial charge is 0.493 e. The highest BCUT2D eigenvalue weighted by Gasteiger charge is 3.00. The van der Waals surface area contributed by atoms with Gasteiger partial charge in [0.05, 0.1) is 12.2 Å². The number of para-hydroxylation sites is 1. The Hall–Kier alpha value is -1.65. The number of hydrogen-bond donors (Lipinski definition) is 1. The highest BCUT2D eigenvalue weighted by Crippen LogP contribution is 2.71. The van der Waals surface area contributed by atoms with Crippen molar-refractivity contribution >= 4 is 0 Å². The lowest BCUT2D eigenvalue weighted by Crippen LogP contribution is -2.57. The van der Waals surface area contributed by atoms with Crippen LogP contribution in [0.15, 0.2) is 24.3 Å². The Morgan fingerprint density at radius 2 is 1.32 bits per heavy atom. The zero-order chi connectivity index (χ0) is 21.8. The van der Waals surface area contributed by atoms with Crippen molar-refractivity contribution < 1.29 is 49.4 Å². The molecule has 1 fully saturated rings. The van der Waals surface area contributed by atoms with E-state index in [2.05, 4.69) is 0 Å². The third-order valence-corrected chi connectivity index (χ3v) is 4.70. The Bertz CT molecular complexity index is 705. The van der Waals surface area contributed by atoms with Crippen molar-refractivity contribution in [1.29, 1.82) is 0 Å². The molecule has 1 saturated carbocycles. The van der Waals surface area contributed by atoms with Crippen LogP contribution in [0.25, 0.3) is 0 Å². The standard InChI is InChI=1S/C17H17F9O2/c1-3-8-28-11-7-5-4-6-10(11)12(2,27)9-13(18)14(19,20)16(23,24)17(25,26)15(13,21)22/h4-7,27H,3,8-9H2,1-2H3. The molecule has 0 aliphatic heterocycles. The average molecular weight is 424 g/mol. The minimum Gasteiger partial charge on any atom is -0.493 e. The van der Waals surface area contributed by atoms with Gasteiger partial charge < -0.3 is 9.84 Å². The van der Waals surface area contributed by atoms with E-state index < -0.39 is 46.9 Å². The van der Waals surface area contributed by atoms with Crippen molar-refractivity contribution in [1.82, 2.24) is 0 Å². The van der Waals surface area contributed by atoms with Gasteiger partial charge in [0.1, 0.15) is 5.75 Å². The molecule has 1 aliphatic rings. The van der Waals surface area contributed by atoms with Crippen LogP contribution in [-0.4, -0.2) is 41.1 Å². The first kappa shape index (κ1) is 22.6. The molecule has 2 nitrogen and oxygen atoms in total. The van der Waals surface area contributed by atoms with E-state index in [1.807, 2.05) is 0 Å². The quantitative estimate of drug-likeness (QED) is 0.625. The van der Waals surface area contributed by atoms with Crippen LogP contribution >= 0.6 is 0 Å². The predicted octanol–water partition coefficient (Wildman–Crippen LogP) is 5.34. The fourth-order valence-corrected chi connectivity index (χ4v) is 3.13. The zero-order valence-corrected chi connectivity index (χ0v) is 14.7. The molecule has 160 valence electrons. The normalized spacial score (nSPS) is 25.9. The zero-order valence-electron chi connectivity index (χ0n) is 14.7. The van der Waals surface area contributed by atoms with Gasteiger partial charge in [-0.3, -0.25) is 0 Å². The smallest absolute Gasteiger partial charge is 0.381 e. The van der Waals surface area contributed by atoms with E-state index in [0.29, 0.717) is 13.3 Å². The molecule has 0 aromatic heterocycles. The molecule has 0 amide bonds. The molecule has 1 aromatic carbocycles. The van der Waals surface area contributed by atoms with Crippen LogP contribution in [0.4, 0.5) is 39.5 Å². The maximum Gasteiger partial charge on any atom is 0.381 e. The molecule has 0 heterocycles. The molecular weight excluding hydrogens is 407 g/mol.